The van der Waals surface area contributed by atoms with Gasteiger partial charge in [0, 0.05) is 18.2 Å². The number of benzene rings is 2. The van der Waals surface area contributed by atoms with Crippen molar-refractivity contribution in [3.8, 4) is 0 Å². The molecule has 5 nitrogen and oxygen atoms in total. The molecule has 0 radical (unpaired) electrons. The molecule has 2 fully saturated rings. The van der Waals surface area contributed by atoms with Crippen LogP contribution in [0.1, 0.15) is 78.2 Å². The van der Waals surface area contributed by atoms with E-state index in [0.717, 1.165) is 56.2 Å². The minimum absolute atomic E-state index is 0.0371. The van der Waals surface area contributed by atoms with Gasteiger partial charge in [0.2, 0.25) is 0 Å². The second kappa shape index (κ2) is 15.8. The van der Waals surface area contributed by atoms with Gasteiger partial charge in [-0.05, 0) is 107 Å². The SMILES string of the molecule is CC(C)=CCCC(C)CC(C)(O)C=C[C@H]1[C@@H]2CC(CCOCC(=O)N(Cc3ccccc3)c3ccccc3)C[C@H]2C[C@@H]1O. The number of anilines is 1. The van der Waals surface area contributed by atoms with Crippen LogP contribution < -0.4 is 4.90 Å². The molecule has 2 aromatic rings. The molecule has 5 heteroatoms. The van der Waals surface area contributed by atoms with Gasteiger partial charge in [-0.25, -0.2) is 0 Å². The Kier molecular flexibility index (Phi) is 12.2. The predicted molar refractivity (Wildman–Crippen MR) is 176 cm³/mol. The van der Waals surface area contributed by atoms with Crippen LogP contribution in [0.25, 0.3) is 0 Å². The topological polar surface area (TPSA) is 70.0 Å². The molecule has 2 aliphatic rings. The van der Waals surface area contributed by atoms with Gasteiger partial charge in [0.05, 0.1) is 18.2 Å². The van der Waals surface area contributed by atoms with Gasteiger partial charge in [0.1, 0.15) is 6.61 Å². The number of rotatable bonds is 15. The lowest BCUT2D eigenvalue weighted by molar-refractivity contribution is -0.123. The number of carbonyl (C=O) groups excluding carboxylic acids is 1. The average molecular weight is 588 g/mol. The Labute approximate surface area is 259 Å². The minimum Gasteiger partial charge on any atom is -0.392 e. The van der Waals surface area contributed by atoms with Crippen LogP contribution in [-0.2, 0) is 16.1 Å². The highest BCUT2D eigenvalue weighted by atomic mass is 16.5. The third-order valence-corrected chi connectivity index (χ3v) is 9.43. The van der Waals surface area contributed by atoms with E-state index >= 15 is 0 Å². The highest BCUT2D eigenvalue weighted by molar-refractivity contribution is 5.94. The molecule has 234 valence electrons. The van der Waals surface area contributed by atoms with Gasteiger partial charge < -0.3 is 19.8 Å². The molecule has 2 aliphatic carbocycles. The normalized spacial score (nSPS) is 25.3. The molecule has 0 aromatic heterocycles. The molecule has 2 saturated carbocycles. The van der Waals surface area contributed by atoms with Crippen LogP contribution in [0.4, 0.5) is 5.69 Å². The van der Waals surface area contributed by atoms with E-state index < -0.39 is 5.60 Å². The lowest BCUT2D eigenvalue weighted by Crippen LogP contribution is -2.33. The Hall–Kier alpha value is -2.73. The van der Waals surface area contributed by atoms with E-state index in [4.69, 9.17) is 4.74 Å². The van der Waals surface area contributed by atoms with E-state index in [1.807, 2.05) is 73.7 Å². The van der Waals surface area contributed by atoms with Gasteiger partial charge in [-0.1, -0.05) is 79.3 Å². The van der Waals surface area contributed by atoms with Crippen molar-refractivity contribution >= 4 is 11.6 Å². The molecule has 7 atom stereocenters. The Morgan fingerprint density at radius 3 is 2.47 bits per heavy atom. The summed E-state index contributed by atoms with van der Waals surface area (Å²) < 4.78 is 5.95. The summed E-state index contributed by atoms with van der Waals surface area (Å²) in [5.41, 5.74) is 2.43. The fourth-order valence-corrected chi connectivity index (χ4v) is 7.31. The maximum Gasteiger partial charge on any atom is 0.253 e. The van der Waals surface area contributed by atoms with Crippen LogP contribution in [0.15, 0.2) is 84.5 Å². The Morgan fingerprint density at radius 2 is 1.77 bits per heavy atom. The summed E-state index contributed by atoms with van der Waals surface area (Å²) in [5, 5.41) is 21.9. The molecule has 0 heterocycles. The molecule has 0 saturated heterocycles. The molecular formula is C38H53NO4. The molecule has 0 spiro atoms. The van der Waals surface area contributed by atoms with Crippen LogP contribution in [0.5, 0.6) is 0 Å². The fourth-order valence-electron chi connectivity index (χ4n) is 7.31. The molecule has 0 aliphatic heterocycles. The van der Waals surface area contributed by atoms with E-state index in [1.54, 1.807) is 4.90 Å². The van der Waals surface area contributed by atoms with Crippen LogP contribution in [-0.4, -0.2) is 41.0 Å². The third kappa shape index (κ3) is 10.2. The second-order valence-corrected chi connectivity index (χ2v) is 13.7. The van der Waals surface area contributed by atoms with Crippen molar-refractivity contribution in [2.45, 2.75) is 90.9 Å². The zero-order chi connectivity index (χ0) is 30.8. The maximum atomic E-state index is 13.2. The van der Waals surface area contributed by atoms with Crippen molar-refractivity contribution in [2.75, 3.05) is 18.1 Å². The minimum atomic E-state index is -0.866. The number of hydrogen-bond acceptors (Lipinski definition) is 4. The third-order valence-electron chi connectivity index (χ3n) is 9.43. The number of amides is 1. The predicted octanol–water partition coefficient (Wildman–Crippen LogP) is 7.73. The van der Waals surface area contributed by atoms with Gasteiger partial charge in [-0.15, -0.1) is 0 Å². The van der Waals surface area contributed by atoms with Crippen LogP contribution in [0.3, 0.4) is 0 Å². The molecule has 3 unspecified atom stereocenters. The molecule has 2 aromatic carbocycles. The first-order valence-corrected chi connectivity index (χ1v) is 16.3. The van der Waals surface area contributed by atoms with E-state index in [9.17, 15) is 15.0 Å². The van der Waals surface area contributed by atoms with Crippen molar-refractivity contribution in [3.63, 3.8) is 0 Å². The lowest BCUT2D eigenvalue weighted by atomic mass is 9.85. The van der Waals surface area contributed by atoms with Crippen LogP contribution in [0, 0.1) is 29.6 Å². The van der Waals surface area contributed by atoms with Gasteiger partial charge in [0.25, 0.3) is 5.91 Å². The molecule has 43 heavy (non-hydrogen) atoms. The average Bonchev–Trinajstić information content (AvgIpc) is 3.49. The summed E-state index contributed by atoms with van der Waals surface area (Å²) >= 11 is 0. The van der Waals surface area contributed by atoms with Crippen LogP contribution in [0.2, 0.25) is 0 Å². The number of aliphatic hydroxyl groups excluding tert-OH is 1. The van der Waals surface area contributed by atoms with E-state index in [1.165, 1.54) is 5.57 Å². The van der Waals surface area contributed by atoms with Crippen molar-refractivity contribution in [1.82, 2.24) is 0 Å². The first-order chi connectivity index (χ1) is 20.6. The summed E-state index contributed by atoms with van der Waals surface area (Å²) in [6, 6.07) is 19.8. The number of allylic oxidation sites excluding steroid dienone is 2. The zero-order valence-electron chi connectivity index (χ0n) is 26.7. The molecule has 0 bridgehead atoms. The second-order valence-electron chi connectivity index (χ2n) is 13.7. The van der Waals surface area contributed by atoms with E-state index in [2.05, 4.69) is 32.9 Å². The maximum absolute atomic E-state index is 13.2. The first kappa shape index (κ1) is 33.2. The largest absolute Gasteiger partial charge is 0.392 e. The lowest BCUT2D eigenvalue weighted by Gasteiger charge is -2.25. The quantitative estimate of drug-likeness (QED) is 0.165. The van der Waals surface area contributed by atoms with Gasteiger partial charge >= 0.3 is 0 Å². The van der Waals surface area contributed by atoms with Gasteiger partial charge in [-0.2, -0.15) is 0 Å². The fraction of sp³-hybridized carbons (Fsp3) is 0.553. The summed E-state index contributed by atoms with van der Waals surface area (Å²) in [6.45, 7) is 9.49. The van der Waals surface area contributed by atoms with E-state index in [-0.39, 0.29) is 24.5 Å². The summed E-state index contributed by atoms with van der Waals surface area (Å²) in [7, 11) is 0. The molecule has 4 rings (SSSR count). The Balaban J connectivity index is 1.23. The Bertz CT molecular complexity index is 1190. The molecule has 1 amide bonds. The first-order valence-electron chi connectivity index (χ1n) is 16.3. The van der Waals surface area contributed by atoms with Gasteiger partial charge in [0.15, 0.2) is 0 Å². The zero-order valence-corrected chi connectivity index (χ0v) is 26.7. The summed E-state index contributed by atoms with van der Waals surface area (Å²) in [6.07, 6.45) is 12.8. The number of para-hydroxylation sites is 1. The highest BCUT2D eigenvalue weighted by Gasteiger charge is 2.46. The van der Waals surface area contributed by atoms with Crippen molar-refractivity contribution < 1.29 is 19.7 Å². The standard InChI is InChI=1S/C38H53NO4/c1-28(2)12-11-13-29(3)25-38(4,42)20-18-34-35-23-31(22-32(35)24-36(34)40)19-21-43-27-37(41)39(33-16-9-6-10-17-33)26-30-14-7-5-8-15-30/h5-10,12,14-18,20,29,31-32,34-36,40,42H,11,13,19,21-27H2,1-4H3/t29?,31?,32-,34-,35+,36-,38?/m0/s1. The number of nitrogens with zero attached hydrogens (tertiary/aromatic N) is 1. The van der Waals surface area contributed by atoms with Crippen molar-refractivity contribution in [3.05, 3.63) is 90.0 Å². The monoisotopic (exact) mass is 587 g/mol. The smallest absolute Gasteiger partial charge is 0.253 e. The molecule has 2 N–H and O–H groups in total. The number of ether oxygens (including phenoxy) is 1. The summed E-state index contributed by atoms with van der Waals surface area (Å²) in [4.78, 5) is 15.0. The number of fused-ring (bicyclic) bond motifs is 1. The number of hydrogen-bond donors (Lipinski definition) is 2. The van der Waals surface area contributed by atoms with E-state index in [0.29, 0.717) is 36.8 Å². The van der Waals surface area contributed by atoms with Crippen molar-refractivity contribution in [2.24, 2.45) is 29.6 Å². The Morgan fingerprint density at radius 1 is 1.07 bits per heavy atom. The number of carbonyl (C=O) groups is 1. The summed E-state index contributed by atoms with van der Waals surface area (Å²) in [5.74, 6) is 2.00. The highest BCUT2D eigenvalue weighted by Crippen LogP contribution is 2.51. The molecular weight excluding hydrogens is 534 g/mol. The van der Waals surface area contributed by atoms with Gasteiger partial charge in [-0.3, -0.25) is 4.79 Å². The van der Waals surface area contributed by atoms with Crippen molar-refractivity contribution in [1.29, 1.82) is 0 Å². The van der Waals surface area contributed by atoms with Crippen LogP contribution >= 0.6 is 0 Å². The number of aliphatic hydroxyl groups is 2.